The van der Waals surface area contributed by atoms with Gasteiger partial charge in [-0.15, -0.1) is 0 Å². The van der Waals surface area contributed by atoms with Gasteiger partial charge in [0.1, 0.15) is 12.1 Å². The van der Waals surface area contributed by atoms with Crippen LogP contribution in [-0.4, -0.2) is 83.8 Å². The minimum atomic E-state index is -3.84. The van der Waals surface area contributed by atoms with Gasteiger partial charge in [-0.05, 0) is 11.5 Å². The van der Waals surface area contributed by atoms with Crippen molar-refractivity contribution >= 4 is 32.6 Å². The zero-order chi connectivity index (χ0) is 20.3. The molecule has 0 aromatic heterocycles. The van der Waals surface area contributed by atoms with Gasteiger partial charge in [-0.1, -0.05) is 36.4 Å². The number of hydrogen-bond acceptors (Lipinski definition) is 5. The quantitative estimate of drug-likeness (QED) is 0.746. The minimum Gasteiger partial charge on any atom is -0.391 e. The van der Waals surface area contributed by atoms with E-state index in [2.05, 4.69) is 0 Å². The van der Waals surface area contributed by atoms with Crippen LogP contribution in [0.25, 0.3) is 10.8 Å². The van der Waals surface area contributed by atoms with Gasteiger partial charge in [0.05, 0.1) is 11.0 Å². The topological polar surface area (TPSA) is 98.2 Å². The Bertz CT molecular complexity index is 1110. The standard InChI is InChI=1S/C20H21N3O5S/c24-14-10-16-19(25)22-9-8-21(12-17(22)20(26)23(16)11-14)29(27,28)18-7-3-5-13-4-1-2-6-15(13)18/h1-7,14,16-17,24H,8-12H2/t14-,16+,17-/m1/s1. The Morgan fingerprint density at radius 3 is 2.41 bits per heavy atom. The van der Waals surface area contributed by atoms with E-state index in [9.17, 15) is 23.1 Å². The molecule has 3 atom stereocenters. The fourth-order valence-electron chi connectivity index (χ4n) is 4.69. The van der Waals surface area contributed by atoms with Crippen molar-refractivity contribution in [3.05, 3.63) is 42.5 Å². The summed E-state index contributed by atoms with van der Waals surface area (Å²) in [5.74, 6) is -0.489. The first-order chi connectivity index (χ1) is 13.9. The predicted octanol–water partition coefficient (Wildman–Crippen LogP) is 0.0167. The van der Waals surface area contributed by atoms with Gasteiger partial charge < -0.3 is 14.9 Å². The highest BCUT2D eigenvalue weighted by Crippen LogP contribution is 2.32. The molecule has 0 bridgehead atoms. The molecule has 152 valence electrons. The lowest BCUT2D eigenvalue weighted by molar-refractivity contribution is -0.161. The summed E-state index contributed by atoms with van der Waals surface area (Å²) < 4.78 is 28.1. The highest BCUT2D eigenvalue weighted by Gasteiger charge is 2.52. The third-order valence-corrected chi connectivity index (χ3v) is 8.05. The van der Waals surface area contributed by atoms with Gasteiger partial charge in [0, 0.05) is 38.0 Å². The van der Waals surface area contributed by atoms with E-state index in [1.54, 1.807) is 24.3 Å². The lowest BCUT2D eigenvalue weighted by Crippen LogP contribution is -2.69. The van der Waals surface area contributed by atoms with Crippen LogP contribution in [0.1, 0.15) is 6.42 Å². The first-order valence-electron chi connectivity index (χ1n) is 9.65. The Morgan fingerprint density at radius 1 is 0.862 bits per heavy atom. The molecule has 0 saturated carbocycles. The molecule has 3 aliphatic rings. The number of carbonyl (C=O) groups is 2. The second kappa shape index (κ2) is 6.51. The average Bonchev–Trinajstić information content (AvgIpc) is 3.13. The van der Waals surface area contributed by atoms with Crippen LogP contribution in [0.2, 0.25) is 0 Å². The largest absolute Gasteiger partial charge is 0.391 e. The Balaban J connectivity index is 1.48. The molecular formula is C20H21N3O5S. The van der Waals surface area contributed by atoms with E-state index >= 15 is 0 Å². The predicted molar refractivity (Wildman–Crippen MR) is 104 cm³/mol. The summed E-state index contributed by atoms with van der Waals surface area (Å²) in [7, 11) is -3.84. The van der Waals surface area contributed by atoms with Crippen LogP contribution in [0.3, 0.4) is 0 Å². The van der Waals surface area contributed by atoms with Crippen LogP contribution in [0.15, 0.2) is 47.4 Å². The summed E-state index contributed by atoms with van der Waals surface area (Å²) in [5, 5.41) is 11.3. The van der Waals surface area contributed by atoms with Gasteiger partial charge in [0.15, 0.2) is 0 Å². The molecule has 2 aromatic carbocycles. The number of rotatable bonds is 2. The number of benzene rings is 2. The summed E-state index contributed by atoms with van der Waals surface area (Å²) >= 11 is 0. The SMILES string of the molecule is O=C1[C@@H]2C[C@@H](O)CN2C(=O)[C@H]2CN(S(=O)(=O)c3cccc4ccccc34)CCN12. The maximum Gasteiger partial charge on any atom is 0.247 e. The van der Waals surface area contributed by atoms with Crippen LogP contribution in [0.4, 0.5) is 0 Å². The van der Waals surface area contributed by atoms with E-state index in [1.807, 2.05) is 18.2 Å². The molecule has 3 heterocycles. The van der Waals surface area contributed by atoms with Gasteiger partial charge in [-0.2, -0.15) is 4.31 Å². The molecule has 8 nitrogen and oxygen atoms in total. The number of amides is 2. The molecule has 2 aromatic rings. The molecule has 3 fully saturated rings. The van der Waals surface area contributed by atoms with Crippen molar-refractivity contribution in [3.63, 3.8) is 0 Å². The summed E-state index contributed by atoms with van der Waals surface area (Å²) in [6, 6.07) is 10.9. The highest BCUT2D eigenvalue weighted by molar-refractivity contribution is 7.89. The van der Waals surface area contributed by atoms with Crippen molar-refractivity contribution in [2.75, 3.05) is 26.2 Å². The second-order valence-corrected chi connectivity index (χ2v) is 9.69. The second-order valence-electron chi connectivity index (χ2n) is 7.78. The van der Waals surface area contributed by atoms with E-state index in [0.717, 1.165) is 5.39 Å². The van der Waals surface area contributed by atoms with Crippen LogP contribution in [0, 0.1) is 0 Å². The number of sulfonamides is 1. The molecule has 5 rings (SSSR count). The Labute approximate surface area is 168 Å². The molecule has 3 aliphatic heterocycles. The van der Waals surface area contributed by atoms with Crippen molar-refractivity contribution in [1.29, 1.82) is 0 Å². The van der Waals surface area contributed by atoms with E-state index in [4.69, 9.17) is 0 Å². The van der Waals surface area contributed by atoms with E-state index in [0.29, 0.717) is 5.39 Å². The van der Waals surface area contributed by atoms with Crippen molar-refractivity contribution < 1.29 is 23.1 Å². The van der Waals surface area contributed by atoms with Crippen LogP contribution in [-0.2, 0) is 19.6 Å². The number of nitrogens with zero attached hydrogens (tertiary/aromatic N) is 3. The third kappa shape index (κ3) is 2.76. The van der Waals surface area contributed by atoms with Crippen molar-refractivity contribution in [1.82, 2.24) is 14.1 Å². The number of fused-ring (bicyclic) bond motifs is 3. The lowest BCUT2D eigenvalue weighted by atomic mass is 10.0. The van der Waals surface area contributed by atoms with Gasteiger partial charge >= 0.3 is 0 Å². The average molecular weight is 415 g/mol. The van der Waals surface area contributed by atoms with Crippen LogP contribution >= 0.6 is 0 Å². The maximum atomic E-state index is 13.4. The zero-order valence-electron chi connectivity index (χ0n) is 15.6. The third-order valence-electron chi connectivity index (χ3n) is 6.13. The molecule has 1 N–H and O–H groups in total. The molecule has 9 heteroatoms. The molecule has 2 amide bonds. The smallest absolute Gasteiger partial charge is 0.247 e. The molecule has 0 aliphatic carbocycles. The van der Waals surface area contributed by atoms with Crippen molar-refractivity contribution in [2.24, 2.45) is 0 Å². The monoisotopic (exact) mass is 415 g/mol. The number of aliphatic hydroxyl groups excluding tert-OH is 1. The van der Waals surface area contributed by atoms with E-state index in [-0.39, 0.29) is 49.3 Å². The molecule has 29 heavy (non-hydrogen) atoms. The normalized spacial score (nSPS) is 28.0. The molecule has 0 unspecified atom stereocenters. The fraction of sp³-hybridized carbons (Fsp3) is 0.400. The summed E-state index contributed by atoms with van der Waals surface area (Å²) in [4.78, 5) is 28.8. The summed E-state index contributed by atoms with van der Waals surface area (Å²) in [6.07, 6.45) is -0.476. The van der Waals surface area contributed by atoms with Gasteiger partial charge in [0.25, 0.3) is 0 Å². The van der Waals surface area contributed by atoms with Gasteiger partial charge in [-0.25, -0.2) is 8.42 Å². The molecular weight excluding hydrogens is 394 g/mol. The summed E-state index contributed by atoms with van der Waals surface area (Å²) in [5.41, 5.74) is 0. The van der Waals surface area contributed by atoms with Crippen LogP contribution in [0.5, 0.6) is 0 Å². The lowest BCUT2D eigenvalue weighted by Gasteiger charge is -2.46. The number of hydrogen-bond donors (Lipinski definition) is 1. The Hall–Kier alpha value is -2.49. The highest BCUT2D eigenvalue weighted by atomic mass is 32.2. The van der Waals surface area contributed by atoms with E-state index in [1.165, 1.54) is 14.1 Å². The van der Waals surface area contributed by atoms with Crippen LogP contribution < -0.4 is 0 Å². The number of carbonyl (C=O) groups excluding carboxylic acids is 2. The maximum absolute atomic E-state index is 13.4. The molecule has 0 radical (unpaired) electrons. The number of aliphatic hydroxyl groups is 1. The van der Waals surface area contributed by atoms with Gasteiger partial charge in [0.2, 0.25) is 21.8 Å². The Kier molecular flexibility index (Phi) is 4.16. The molecule has 3 saturated heterocycles. The Morgan fingerprint density at radius 2 is 1.59 bits per heavy atom. The van der Waals surface area contributed by atoms with Crippen molar-refractivity contribution in [2.45, 2.75) is 29.5 Å². The minimum absolute atomic E-state index is 0.0740. The van der Waals surface area contributed by atoms with Gasteiger partial charge in [-0.3, -0.25) is 9.59 Å². The van der Waals surface area contributed by atoms with Crippen molar-refractivity contribution in [3.8, 4) is 0 Å². The molecule has 0 spiro atoms. The van der Waals surface area contributed by atoms with E-state index < -0.39 is 28.2 Å². The summed E-state index contributed by atoms with van der Waals surface area (Å²) in [6.45, 7) is 0.348. The number of piperazine rings is 2. The first-order valence-corrected chi connectivity index (χ1v) is 11.1. The fourth-order valence-corrected chi connectivity index (χ4v) is 6.34. The first kappa shape index (κ1) is 18.5. The zero-order valence-corrected chi connectivity index (χ0v) is 16.5.